The fraction of sp³-hybridized carbons (Fsp3) is 0.625. The van der Waals surface area contributed by atoms with Crippen molar-refractivity contribution in [2.24, 2.45) is 0 Å². The van der Waals surface area contributed by atoms with Gasteiger partial charge in [-0.2, -0.15) is 0 Å². The quantitative estimate of drug-likeness (QED) is 0.848. The molecule has 0 N–H and O–H groups in total. The van der Waals surface area contributed by atoms with E-state index in [9.17, 15) is 0 Å². The van der Waals surface area contributed by atoms with Gasteiger partial charge in [0.2, 0.25) is 0 Å². The molecule has 3 rings (SSSR count). The first-order chi connectivity index (χ1) is 9.55. The molecule has 0 spiro atoms. The largest absolute Gasteiger partial charge is 0.374 e. The van der Waals surface area contributed by atoms with Crippen molar-refractivity contribution in [3.05, 3.63) is 35.9 Å². The van der Waals surface area contributed by atoms with Crippen LogP contribution in [-0.2, 0) is 25.6 Å². The highest BCUT2D eigenvalue weighted by atomic mass is 16.8. The molecule has 0 bridgehead atoms. The summed E-state index contributed by atoms with van der Waals surface area (Å²) in [5.41, 5.74) is 1.17. The summed E-state index contributed by atoms with van der Waals surface area (Å²) < 4.78 is 23.5. The SMILES string of the molecule is C[C@H]1O[C@H](COCc2ccccc2)[C@H]2OC(C)(C)O[C@H]21. The Morgan fingerprint density at radius 2 is 1.80 bits per heavy atom. The van der Waals surface area contributed by atoms with Crippen molar-refractivity contribution < 1.29 is 18.9 Å². The molecule has 2 heterocycles. The van der Waals surface area contributed by atoms with E-state index in [4.69, 9.17) is 18.9 Å². The summed E-state index contributed by atoms with van der Waals surface area (Å²) in [6, 6.07) is 10.1. The summed E-state index contributed by atoms with van der Waals surface area (Å²) in [5.74, 6) is -0.523. The zero-order valence-electron chi connectivity index (χ0n) is 12.2. The molecule has 0 amide bonds. The first kappa shape index (κ1) is 14.0. The minimum atomic E-state index is -0.523. The molecule has 0 unspecified atom stereocenters. The lowest BCUT2D eigenvalue weighted by atomic mass is 10.1. The van der Waals surface area contributed by atoms with Crippen LogP contribution in [0.15, 0.2) is 30.3 Å². The average Bonchev–Trinajstić information content (AvgIpc) is 2.87. The molecule has 4 atom stereocenters. The van der Waals surface area contributed by atoms with Crippen LogP contribution in [0, 0.1) is 0 Å². The topological polar surface area (TPSA) is 36.9 Å². The summed E-state index contributed by atoms with van der Waals surface area (Å²) in [7, 11) is 0. The summed E-state index contributed by atoms with van der Waals surface area (Å²) in [6.07, 6.45) is -0.0290. The Hall–Kier alpha value is -0.940. The van der Waals surface area contributed by atoms with Gasteiger partial charge in [0.15, 0.2) is 5.79 Å². The van der Waals surface area contributed by atoms with Crippen LogP contribution < -0.4 is 0 Å². The molecule has 1 aromatic carbocycles. The smallest absolute Gasteiger partial charge is 0.164 e. The van der Waals surface area contributed by atoms with E-state index in [1.165, 1.54) is 5.56 Å². The Labute approximate surface area is 120 Å². The molecule has 20 heavy (non-hydrogen) atoms. The number of rotatable bonds is 4. The van der Waals surface area contributed by atoms with Crippen LogP contribution in [0.3, 0.4) is 0 Å². The number of hydrogen-bond acceptors (Lipinski definition) is 4. The van der Waals surface area contributed by atoms with Gasteiger partial charge in [-0.05, 0) is 26.3 Å². The molecule has 0 radical (unpaired) electrons. The van der Waals surface area contributed by atoms with Crippen LogP contribution in [0.5, 0.6) is 0 Å². The Morgan fingerprint density at radius 1 is 1.10 bits per heavy atom. The first-order valence-corrected chi connectivity index (χ1v) is 7.18. The van der Waals surface area contributed by atoms with Gasteiger partial charge in [-0.15, -0.1) is 0 Å². The van der Waals surface area contributed by atoms with Gasteiger partial charge in [0.1, 0.15) is 18.3 Å². The van der Waals surface area contributed by atoms with E-state index < -0.39 is 5.79 Å². The molecule has 1 aromatic rings. The summed E-state index contributed by atoms with van der Waals surface area (Å²) in [5, 5.41) is 0. The van der Waals surface area contributed by atoms with Crippen LogP contribution in [0.4, 0.5) is 0 Å². The third kappa shape index (κ3) is 2.88. The zero-order chi connectivity index (χ0) is 14.2. The third-order valence-corrected chi connectivity index (χ3v) is 3.78. The minimum absolute atomic E-state index is 0.00956. The van der Waals surface area contributed by atoms with Gasteiger partial charge in [-0.3, -0.25) is 0 Å². The molecule has 2 fully saturated rings. The molecule has 2 saturated heterocycles. The van der Waals surface area contributed by atoms with Gasteiger partial charge in [0, 0.05) is 0 Å². The second-order valence-electron chi connectivity index (χ2n) is 5.95. The Balaban J connectivity index is 1.53. The van der Waals surface area contributed by atoms with Crippen molar-refractivity contribution in [3.8, 4) is 0 Å². The maximum Gasteiger partial charge on any atom is 0.164 e. The molecule has 0 saturated carbocycles. The maximum atomic E-state index is 5.93. The Kier molecular flexibility index (Phi) is 3.82. The van der Waals surface area contributed by atoms with Crippen molar-refractivity contribution in [2.45, 2.75) is 57.6 Å². The number of ether oxygens (including phenoxy) is 4. The summed E-state index contributed by atoms with van der Waals surface area (Å²) in [6.45, 7) is 7.04. The first-order valence-electron chi connectivity index (χ1n) is 7.18. The second-order valence-corrected chi connectivity index (χ2v) is 5.95. The molecule has 2 aliphatic heterocycles. The normalized spacial score (nSPS) is 35.1. The molecular weight excluding hydrogens is 256 g/mol. The van der Waals surface area contributed by atoms with E-state index in [1.54, 1.807) is 0 Å². The van der Waals surface area contributed by atoms with E-state index in [2.05, 4.69) is 12.1 Å². The van der Waals surface area contributed by atoms with Gasteiger partial charge in [-0.1, -0.05) is 30.3 Å². The monoisotopic (exact) mass is 278 g/mol. The van der Waals surface area contributed by atoms with Crippen LogP contribution >= 0.6 is 0 Å². The van der Waals surface area contributed by atoms with E-state index >= 15 is 0 Å². The molecule has 4 nitrogen and oxygen atoms in total. The molecule has 0 aromatic heterocycles. The Morgan fingerprint density at radius 3 is 2.55 bits per heavy atom. The van der Waals surface area contributed by atoms with Crippen LogP contribution in [0.25, 0.3) is 0 Å². The zero-order valence-corrected chi connectivity index (χ0v) is 12.2. The minimum Gasteiger partial charge on any atom is -0.374 e. The van der Waals surface area contributed by atoms with Crippen molar-refractivity contribution in [2.75, 3.05) is 6.61 Å². The van der Waals surface area contributed by atoms with Crippen molar-refractivity contribution >= 4 is 0 Å². The lowest BCUT2D eigenvalue weighted by Gasteiger charge is -2.23. The van der Waals surface area contributed by atoms with Crippen LogP contribution in [0.1, 0.15) is 26.3 Å². The van der Waals surface area contributed by atoms with Crippen LogP contribution in [0.2, 0.25) is 0 Å². The van der Waals surface area contributed by atoms with Gasteiger partial charge < -0.3 is 18.9 Å². The van der Waals surface area contributed by atoms with Gasteiger partial charge in [0.05, 0.1) is 19.3 Å². The highest BCUT2D eigenvalue weighted by Gasteiger charge is 2.53. The Bertz CT molecular complexity index is 445. The van der Waals surface area contributed by atoms with E-state index in [0.29, 0.717) is 13.2 Å². The van der Waals surface area contributed by atoms with Crippen molar-refractivity contribution in [1.29, 1.82) is 0 Å². The highest BCUT2D eigenvalue weighted by molar-refractivity contribution is 5.13. The van der Waals surface area contributed by atoms with E-state index in [-0.39, 0.29) is 24.4 Å². The average molecular weight is 278 g/mol. The van der Waals surface area contributed by atoms with E-state index in [1.807, 2.05) is 39.0 Å². The second kappa shape index (κ2) is 5.45. The lowest BCUT2D eigenvalue weighted by molar-refractivity contribution is -0.190. The number of hydrogen-bond donors (Lipinski definition) is 0. The highest BCUT2D eigenvalue weighted by Crippen LogP contribution is 2.38. The third-order valence-electron chi connectivity index (χ3n) is 3.78. The molecule has 4 heteroatoms. The number of fused-ring (bicyclic) bond motifs is 1. The summed E-state index contributed by atoms with van der Waals surface area (Å²) >= 11 is 0. The standard InChI is InChI=1S/C16H22O4/c1-11-14-15(20-16(2,3)19-14)13(18-11)10-17-9-12-7-5-4-6-8-12/h4-8,11,13-15H,9-10H2,1-3H3/t11-,13-,14+,15-/m1/s1. The van der Waals surface area contributed by atoms with Gasteiger partial charge >= 0.3 is 0 Å². The molecular formula is C16H22O4. The fourth-order valence-corrected chi connectivity index (χ4v) is 2.90. The molecule has 110 valence electrons. The van der Waals surface area contributed by atoms with Crippen molar-refractivity contribution in [1.82, 2.24) is 0 Å². The van der Waals surface area contributed by atoms with Crippen LogP contribution in [-0.4, -0.2) is 36.8 Å². The molecule has 2 aliphatic rings. The van der Waals surface area contributed by atoms with E-state index in [0.717, 1.165) is 0 Å². The van der Waals surface area contributed by atoms with Gasteiger partial charge in [-0.25, -0.2) is 0 Å². The maximum absolute atomic E-state index is 5.93. The predicted octanol–water partition coefficient (Wildman–Crippen LogP) is 2.51. The predicted molar refractivity (Wildman–Crippen MR) is 74.3 cm³/mol. The molecule has 0 aliphatic carbocycles. The van der Waals surface area contributed by atoms with Gasteiger partial charge in [0.25, 0.3) is 0 Å². The number of benzene rings is 1. The van der Waals surface area contributed by atoms with Crippen molar-refractivity contribution in [3.63, 3.8) is 0 Å². The lowest BCUT2D eigenvalue weighted by Crippen LogP contribution is -2.32. The fourth-order valence-electron chi connectivity index (χ4n) is 2.90. The summed E-state index contributed by atoms with van der Waals surface area (Å²) in [4.78, 5) is 0.